The lowest BCUT2D eigenvalue weighted by Crippen LogP contribution is -2.39. The molecule has 4 rings (SSSR count). The van der Waals surface area contributed by atoms with Crippen LogP contribution in [0.4, 0.5) is 15.9 Å². The number of aliphatic hydroxyl groups excluding tert-OH is 1. The van der Waals surface area contributed by atoms with Crippen LogP contribution < -0.4 is 10.6 Å². The molecule has 1 aromatic carbocycles. The number of allylic oxidation sites excluding steroid dienone is 1. The van der Waals surface area contributed by atoms with Gasteiger partial charge in [0.2, 0.25) is 0 Å². The standard InChI is InChI=1S/C23H22FN3O5/c1-11(28)20(22(30)31)27-18-7-4-12(10-25-18)15-9-17(32-23(15,2)3)19-14-6-5-13(24)8-16(14)26-21(19)29/h4-11,20,28H,1-3H3,(H,25,27)(H,26,29)(H,30,31)/t11-,20+/m1/s1. The SMILES string of the molecule is C[C@@H](O)[C@H](Nc1ccc(C2=CC(=C3C(=O)Nc4cc(F)ccc43)OC2(C)C)cn1)C(=O)O. The minimum absolute atomic E-state index is 0.295. The lowest BCUT2D eigenvalue weighted by Gasteiger charge is -2.23. The number of carboxylic acid groups (broad SMARTS) is 1. The number of nitrogens with one attached hydrogen (secondary N) is 2. The highest BCUT2D eigenvalue weighted by atomic mass is 19.1. The molecular weight excluding hydrogens is 417 g/mol. The highest BCUT2D eigenvalue weighted by molar-refractivity contribution is 6.32. The minimum Gasteiger partial charge on any atom is -0.482 e. The van der Waals surface area contributed by atoms with Crippen molar-refractivity contribution >= 4 is 34.5 Å². The van der Waals surface area contributed by atoms with Crippen LogP contribution in [0.1, 0.15) is 31.9 Å². The summed E-state index contributed by atoms with van der Waals surface area (Å²) in [6.07, 6.45) is 2.21. The molecule has 0 spiro atoms. The van der Waals surface area contributed by atoms with Crippen molar-refractivity contribution in [2.45, 2.75) is 38.5 Å². The fourth-order valence-corrected chi connectivity index (χ4v) is 3.79. The molecule has 0 saturated carbocycles. The van der Waals surface area contributed by atoms with Gasteiger partial charge in [-0.15, -0.1) is 0 Å². The Labute approximate surface area is 183 Å². The molecule has 2 aliphatic rings. The van der Waals surface area contributed by atoms with Crippen molar-refractivity contribution in [3.8, 4) is 0 Å². The van der Waals surface area contributed by atoms with Gasteiger partial charge in [0.15, 0.2) is 6.04 Å². The molecule has 1 amide bonds. The quantitative estimate of drug-likeness (QED) is 0.529. The van der Waals surface area contributed by atoms with E-state index in [1.807, 2.05) is 13.8 Å². The molecule has 1 aromatic heterocycles. The normalized spacial score (nSPS) is 20.7. The number of benzene rings is 1. The highest BCUT2D eigenvalue weighted by Crippen LogP contribution is 2.44. The van der Waals surface area contributed by atoms with Gasteiger partial charge in [0.25, 0.3) is 5.91 Å². The van der Waals surface area contributed by atoms with E-state index in [9.17, 15) is 24.2 Å². The number of aromatic nitrogens is 1. The second kappa shape index (κ2) is 7.76. The monoisotopic (exact) mass is 439 g/mol. The number of fused-ring (bicyclic) bond motifs is 1. The number of amides is 1. The van der Waals surface area contributed by atoms with Crippen molar-refractivity contribution in [2.24, 2.45) is 0 Å². The van der Waals surface area contributed by atoms with Crippen molar-refractivity contribution < 1.29 is 28.9 Å². The molecule has 2 atom stereocenters. The number of carbonyl (C=O) groups excluding carboxylic acids is 1. The highest BCUT2D eigenvalue weighted by Gasteiger charge is 2.38. The summed E-state index contributed by atoms with van der Waals surface area (Å²) in [6, 6.07) is 6.25. The molecule has 0 bridgehead atoms. The number of carboxylic acids is 1. The number of anilines is 2. The van der Waals surface area contributed by atoms with Crippen LogP contribution in [0.25, 0.3) is 11.1 Å². The van der Waals surface area contributed by atoms with Crippen LogP contribution in [-0.2, 0) is 14.3 Å². The van der Waals surface area contributed by atoms with Gasteiger partial charge in [0.1, 0.15) is 23.0 Å². The third-order valence-electron chi connectivity index (χ3n) is 5.39. The largest absolute Gasteiger partial charge is 0.482 e. The first kappa shape index (κ1) is 21.5. The van der Waals surface area contributed by atoms with E-state index in [1.165, 1.54) is 25.1 Å². The van der Waals surface area contributed by atoms with Crippen LogP contribution in [-0.4, -0.2) is 44.8 Å². The predicted molar refractivity (Wildman–Crippen MR) is 116 cm³/mol. The van der Waals surface area contributed by atoms with Gasteiger partial charge < -0.3 is 25.6 Å². The topological polar surface area (TPSA) is 121 Å². The molecule has 9 heteroatoms. The maximum absolute atomic E-state index is 13.5. The third kappa shape index (κ3) is 3.82. The van der Waals surface area contributed by atoms with Crippen LogP contribution in [0, 0.1) is 5.82 Å². The fraction of sp³-hybridized carbons (Fsp3) is 0.261. The van der Waals surface area contributed by atoms with Gasteiger partial charge in [-0.25, -0.2) is 14.2 Å². The Hall–Kier alpha value is -3.72. The van der Waals surface area contributed by atoms with E-state index in [0.29, 0.717) is 28.4 Å². The van der Waals surface area contributed by atoms with Crippen molar-refractivity contribution in [3.05, 3.63) is 65.3 Å². The summed E-state index contributed by atoms with van der Waals surface area (Å²) >= 11 is 0. The van der Waals surface area contributed by atoms with E-state index in [0.717, 1.165) is 11.1 Å². The lowest BCUT2D eigenvalue weighted by molar-refractivity contribution is -0.140. The Morgan fingerprint density at radius 3 is 2.66 bits per heavy atom. The summed E-state index contributed by atoms with van der Waals surface area (Å²) in [5.74, 6) is -1.34. The minimum atomic E-state index is -1.19. The van der Waals surface area contributed by atoms with Crippen LogP contribution in [0.15, 0.2) is 48.4 Å². The number of aliphatic carboxylic acids is 1. The summed E-state index contributed by atoms with van der Waals surface area (Å²) in [4.78, 5) is 28.1. The first-order chi connectivity index (χ1) is 15.1. The van der Waals surface area contributed by atoms with Gasteiger partial charge >= 0.3 is 5.97 Å². The van der Waals surface area contributed by atoms with E-state index < -0.39 is 29.5 Å². The number of carbonyl (C=O) groups is 2. The van der Waals surface area contributed by atoms with E-state index >= 15 is 0 Å². The van der Waals surface area contributed by atoms with E-state index in [-0.39, 0.29) is 5.91 Å². The zero-order valence-electron chi connectivity index (χ0n) is 17.6. The van der Waals surface area contributed by atoms with Gasteiger partial charge in [-0.2, -0.15) is 0 Å². The van der Waals surface area contributed by atoms with Gasteiger partial charge in [-0.3, -0.25) is 4.79 Å². The van der Waals surface area contributed by atoms with Gasteiger partial charge in [0.05, 0.1) is 17.4 Å². The summed E-state index contributed by atoms with van der Waals surface area (Å²) in [5.41, 5.74) is 2.01. The molecule has 0 unspecified atom stereocenters. The van der Waals surface area contributed by atoms with E-state index in [2.05, 4.69) is 15.6 Å². The Morgan fingerprint density at radius 2 is 2.03 bits per heavy atom. The van der Waals surface area contributed by atoms with Gasteiger partial charge in [-0.05, 0) is 57.2 Å². The molecule has 2 aliphatic heterocycles. The van der Waals surface area contributed by atoms with E-state index in [1.54, 1.807) is 24.4 Å². The molecule has 0 saturated heterocycles. The summed E-state index contributed by atoms with van der Waals surface area (Å²) in [5, 5.41) is 24.2. The number of halogens is 1. The summed E-state index contributed by atoms with van der Waals surface area (Å²) < 4.78 is 19.6. The first-order valence-electron chi connectivity index (χ1n) is 9.97. The molecule has 0 radical (unpaired) electrons. The Bertz CT molecular complexity index is 1170. The lowest BCUT2D eigenvalue weighted by atomic mass is 9.93. The molecule has 3 heterocycles. The molecule has 8 nitrogen and oxygen atoms in total. The van der Waals surface area contributed by atoms with Crippen molar-refractivity contribution in [1.82, 2.24) is 4.98 Å². The third-order valence-corrected chi connectivity index (χ3v) is 5.39. The van der Waals surface area contributed by atoms with Gasteiger partial charge in [0, 0.05) is 22.9 Å². The number of hydrogen-bond acceptors (Lipinski definition) is 6. The summed E-state index contributed by atoms with van der Waals surface area (Å²) in [6.45, 7) is 5.08. The van der Waals surface area contributed by atoms with Crippen LogP contribution in [0.2, 0.25) is 0 Å². The fourth-order valence-electron chi connectivity index (χ4n) is 3.79. The molecular formula is C23H22FN3O5. The zero-order chi connectivity index (χ0) is 23.2. The molecule has 32 heavy (non-hydrogen) atoms. The molecule has 2 aromatic rings. The number of nitrogens with zero attached hydrogens (tertiary/aromatic N) is 1. The Morgan fingerprint density at radius 1 is 1.28 bits per heavy atom. The van der Waals surface area contributed by atoms with E-state index in [4.69, 9.17) is 4.74 Å². The number of aliphatic hydroxyl groups is 1. The average Bonchev–Trinajstić information content (AvgIpc) is 3.20. The average molecular weight is 439 g/mol. The Balaban J connectivity index is 1.67. The van der Waals surface area contributed by atoms with Crippen molar-refractivity contribution in [2.75, 3.05) is 10.6 Å². The van der Waals surface area contributed by atoms with Crippen molar-refractivity contribution in [3.63, 3.8) is 0 Å². The Kier molecular flexibility index (Phi) is 5.21. The maximum Gasteiger partial charge on any atom is 0.328 e. The second-order valence-electron chi connectivity index (χ2n) is 8.19. The summed E-state index contributed by atoms with van der Waals surface area (Å²) in [7, 11) is 0. The number of pyridine rings is 1. The number of hydrogen-bond donors (Lipinski definition) is 4. The van der Waals surface area contributed by atoms with Crippen LogP contribution in [0.3, 0.4) is 0 Å². The second-order valence-corrected chi connectivity index (χ2v) is 8.19. The van der Waals surface area contributed by atoms with Gasteiger partial charge in [-0.1, -0.05) is 0 Å². The smallest absolute Gasteiger partial charge is 0.328 e. The molecule has 4 N–H and O–H groups in total. The predicted octanol–water partition coefficient (Wildman–Crippen LogP) is 3.02. The molecule has 0 aliphatic carbocycles. The van der Waals surface area contributed by atoms with Crippen LogP contribution in [0.5, 0.6) is 0 Å². The van der Waals surface area contributed by atoms with Crippen molar-refractivity contribution in [1.29, 1.82) is 0 Å². The number of rotatable bonds is 5. The molecule has 0 fully saturated rings. The zero-order valence-corrected chi connectivity index (χ0v) is 17.6. The first-order valence-corrected chi connectivity index (χ1v) is 9.97. The maximum atomic E-state index is 13.5. The van der Waals surface area contributed by atoms with Crippen LogP contribution >= 0.6 is 0 Å². The number of ether oxygens (including phenoxy) is 1. The molecule has 166 valence electrons.